The van der Waals surface area contributed by atoms with Crippen molar-refractivity contribution >= 4 is 27.7 Å². The highest BCUT2D eigenvalue weighted by molar-refractivity contribution is 9.10. The third kappa shape index (κ3) is 3.50. The number of benzene rings is 1. The molecule has 0 bridgehead atoms. The average molecular weight is 377 g/mol. The van der Waals surface area contributed by atoms with Gasteiger partial charge in [0, 0.05) is 5.92 Å². The highest BCUT2D eigenvalue weighted by Crippen LogP contribution is 2.47. The summed E-state index contributed by atoms with van der Waals surface area (Å²) in [6.45, 7) is 0. The fraction of sp³-hybridized carbons (Fsp3) is 0.188. The number of hydrazine groups is 1. The molecule has 2 unspecified atom stereocenters. The normalized spacial score (nSPS) is 19.0. The van der Waals surface area contributed by atoms with Crippen LogP contribution in [0.2, 0.25) is 0 Å². The number of halogens is 1. The lowest BCUT2D eigenvalue weighted by Crippen LogP contribution is -2.42. The van der Waals surface area contributed by atoms with Gasteiger partial charge in [0.15, 0.2) is 0 Å². The summed E-state index contributed by atoms with van der Waals surface area (Å²) in [6, 6.07) is 11.1. The molecule has 2 amide bonds. The van der Waals surface area contributed by atoms with E-state index in [0.29, 0.717) is 0 Å². The minimum absolute atomic E-state index is 0.132. The number of hydrogen-bond acceptors (Lipinski definition) is 4. The summed E-state index contributed by atoms with van der Waals surface area (Å²) < 4.78 is 4.82. The molecule has 0 spiro atoms. The van der Waals surface area contributed by atoms with Crippen LogP contribution in [0.4, 0.5) is 0 Å². The zero-order valence-corrected chi connectivity index (χ0v) is 13.5. The number of rotatable bonds is 3. The Hall–Kier alpha value is -2.41. The van der Waals surface area contributed by atoms with Crippen molar-refractivity contribution in [2.45, 2.75) is 12.3 Å². The van der Waals surface area contributed by atoms with Crippen molar-refractivity contribution in [1.82, 2.24) is 10.9 Å². The fourth-order valence-electron chi connectivity index (χ4n) is 2.36. The third-order valence-corrected chi connectivity index (χ3v) is 4.24. The van der Waals surface area contributed by atoms with Gasteiger partial charge in [-0.25, -0.2) is 4.79 Å². The van der Waals surface area contributed by atoms with E-state index in [1.165, 1.54) is 6.07 Å². The predicted molar refractivity (Wildman–Crippen MR) is 85.6 cm³/mol. The van der Waals surface area contributed by atoms with Gasteiger partial charge in [0.1, 0.15) is 10.7 Å². The summed E-state index contributed by atoms with van der Waals surface area (Å²) in [5, 5.41) is 0. The van der Waals surface area contributed by atoms with E-state index in [1.807, 2.05) is 30.3 Å². The van der Waals surface area contributed by atoms with Crippen LogP contribution in [0.15, 0.2) is 56.3 Å². The Morgan fingerprint density at radius 2 is 1.91 bits per heavy atom. The van der Waals surface area contributed by atoms with Crippen LogP contribution in [0.5, 0.6) is 0 Å². The molecule has 1 aromatic carbocycles. The highest BCUT2D eigenvalue weighted by Gasteiger charge is 2.43. The van der Waals surface area contributed by atoms with Crippen LogP contribution in [0, 0.1) is 5.92 Å². The molecule has 1 aromatic heterocycles. The van der Waals surface area contributed by atoms with Crippen molar-refractivity contribution in [1.29, 1.82) is 0 Å². The van der Waals surface area contributed by atoms with Gasteiger partial charge in [-0.2, -0.15) is 0 Å². The molecular formula is C16H13BrN2O4. The van der Waals surface area contributed by atoms with E-state index in [4.69, 9.17) is 0 Å². The van der Waals surface area contributed by atoms with Crippen molar-refractivity contribution in [3.63, 3.8) is 0 Å². The van der Waals surface area contributed by atoms with Crippen LogP contribution < -0.4 is 16.5 Å². The van der Waals surface area contributed by atoms with E-state index in [9.17, 15) is 14.4 Å². The SMILES string of the molecule is O=C(NNC(=O)C1CC1c1ccccc1)c1coc(=O)c(Br)c1. The molecule has 7 heteroatoms. The summed E-state index contributed by atoms with van der Waals surface area (Å²) in [4.78, 5) is 35.0. The quantitative estimate of drug-likeness (QED) is 0.801. The number of hydrogen-bond donors (Lipinski definition) is 2. The Morgan fingerprint density at radius 1 is 1.17 bits per heavy atom. The first kappa shape index (κ1) is 15.5. The molecule has 6 nitrogen and oxygen atoms in total. The van der Waals surface area contributed by atoms with Gasteiger partial charge in [-0.1, -0.05) is 30.3 Å². The van der Waals surface area contributed by atoms with Gasteiger partial charge in [0.05, 0.1) is 5.56 Å². The van der Waals surface area contributed by atoms with Crippen molar-refractivity contribution in [2.24, 2.45) is 5.92 Å². The molecule has 1 aliphatic carbocycles. The third-order valence-electron chi connectivity index (χ3n) is 3.69. The lowest BCUT2D eigenvalue weighted by Gasteiger charge is -2.07. The van der Waals surface area contributed by atoms with Crippen molar-refractivity contribution < 1.29 is 14.0 Å². The fourth-order valence-corrected chi connectivity index (χ4v) is 2.70. The first-order valence-corrected chi connectivity index (χ1v) is 7.79. The Bertz CT molecular complexity index is 803. The molecule has 23 heavy (non-hydrogen) atoms. The van der Waals surface area contributed by atoms with Gasteiger partial charge in [-0.3, -0.25) is 20.4 Å². The zero-order chi connectivity index (χ0) is 16.4. The van der Waals surface area contributed by atoms with Crippen molar-refractivity contribution in [3.8, 4) is 0 Å². The molecule has 0 radical (unpaired) electrons. The lowest BCUT2D eigenvalue weighted by molar-refractivity contribution is -0.123. The molecule has 118 valence electrons. The van der Waals surface area contributed by atoms with E-state index >= 15 is 0 Å². The second kappa shape index (κ2) is 6.37. The maximum Gasteiger partial charge on any atom is 0.350 e. The minimum atomic E-state index is -0.575. The van der Waals surface area contributed by atoms with Gasteiger partial charge in [0.25, 0.3) is 5.91 Å². The van der Waals surface area contributed by atoms with Crippen LogP contribution in [0.25, 0.3) is 0 Å². The van der Waals surface area contributed by atoms with Crippen molar-refractivity contribution in [3.05, 3.63) is 68.7 Å². The highest BCUT2D eigenvalue weighted by atomic mass is 79.9. The standard InChI is InChI=1S/C16H13BrN2O4/c17-13-6-10(8-23-16(13)22)14(20)18-19-15(21)12-7-11(12)9-4-2-1-3-5-9/h1-6,8,11-12H,7H2,(H,18,20)(H,19,21). The first-order chi connectivity index (χ1) is 11.1. The maximum atomic E-state index is 12.0. The van der Waals surface area contributed by atoms with Crippen LogP contribution >= 0.6 is 15.9 Å². The predicted octanol–water partition coefficient (Wildman–Crippen LogP) is 1.97. The molecule has 1 fully saturated rings. The van der Waals surface area contributed by atoms with E-state index in [2.05, 4.69) is 31.2 Å². The summed E-state index contributed by atoms with van der Waals surface area (Å²) >= 11 is 2.99. The summed E-state index contributed by atoms with van der Waals surface area (Å²) in [7, 11) is 0. The largest absolute Gasteiger partial charge is 0.430 e. The smallest absolute Gasteiger partial charge is 0.350 e. The maximum absolute atomic E-state index is 12.0. The van der Waals surface area contributed by atoms with E-state index in [0.717, 1.165) is 18.2 Å². The molecular weight excluding hydrogens is 364 g/mol. The number of amides is 2. The zero-order valence-electron chi connectivity index (χ0n) is 11.9. The molecule has 0 saturated heterocycles. The van der Waals surface area contributed by atoms with Crippen LogP contribution in [0.3, 0.4) is 0 Å². The van der Waals surface area contributed by atoms with Gasteiger partial charge >= 0.3 is 5.63 Å². The molecule has 3 rings (SSSR count). The molecule has 1 saturated carbocycles. The Labute approximate surface area is 140 Å². The van der Waals surface area contributed by atoms with Crippen molar-refractivity contribution in [2.75, 3.05) is 0 Å². The van der Waals surface area contributed by atoms with Gasteiger partial charge in [-0.15, -0.1) is 0 Å². The Balaban J connectivity index is 1.54. The Kier molecular flexibility index (Phi) is 4.29. The topological polar surface area (TPSA) is 88.4 Å². The molecule has 2 aromatic rings. The Morgan fingerprint density at radius 3 is 2.61 bits per heavy atom. The molecule has 2 N–H and O–H groups in total. The monoisotopic (exact) mass is 376 g/mol. The average Bonchev–Trinajstić information content (AvgIpc) is 3.36. The number of carbonyl (C=O) groups excluding carboxylic acids is 2. The first-order valence-electron chi connectivity index (χ1n) is 7.00. The molecule has 2 atom stereocenters. The molecule has 1 heterocycles. The molecule has 1 aliphatic rings. The van der Waals surface area contributed by atoms with E-state index < -0.39 is 11.5 Å². The van der Waals surface area contributed by atoms with Crippen LogP contribution in [0.1, 0.15) is 28.3 Å². The lowest BCUT2D eigenvalue weighted by atomic mass is 10.1. The molecule has 0 aliphatic heterocycles. The second-order valence-corrected chi connectivity index (χ2v) is 6.13. The van der Waals surface area contributed by atoms with Gasteiger partial charge < -0.3 is 4.42 Å². The summed E-state index contributed by atoms with van der Waals surface area (Å²) in [5.41, 5.74) is 5.40. The summed E-state index contributed by atoms with van der Waals surface area (Å²) in [5.74, 6) is -0.738. The van der Waals surface area contributed by atoms with Crippen LogP contribution in [-0.2, 0) is 4.79 Å². The van der Waals surface area contributed by atoms with Crippen LogP contribution in [-0.4, -0.2) is 11.8 Å². The number of nitrogens with one attached hydrogen (secondary N) is 2. The summed E-state index contributed by atoms with van der Waals surface area (Å²) in [6.07, 6.45) is 1.80. The van der Waals surface area contributed by atoms with E-state index in [1.54, 1.807) is 0 Å². The van der Waals surface area contributed by atoms with E-state index in [-0.39, 0.29) is 27.8 Å². The van der Waals surface area contributed by atoms with Gasteiger partial charge in [0.2, 0.25) is 5.91 Å². The second-order valence-electron chi connectivity index (χ2n) is 5.27. The van der Waals surface area contributed by atoms with Gasteiger partial charge in [-0.05, 0) is 39.9 Å². The minimum Gasteiger partial charge on any atom is -0.430 e. The number of carbonyl (C=O) groups is 2.